The number of nitrogens with zero attached hydrogens (tertiary/aromatic N) is 2. The average molecular weight is 468 g/mol. The standard InChI is InChI=1S/C26H16N2O7/c29-22-17-11-4-5-12-18(17)23(30)26(22)20-19(21(35-26)14-7-2-1-3-8-14)24(31)27(25(20)32)15-9-6-10-16(13-15)28(33)34/h1-13,19-21H/t19-,20+,21-/m0/s1. The van der Waals surface area contributed by atoms with Crippen LogP contribution in [0.2, 0.25) is 0 Å². The van der Waals surface area contributed by atoms with Crippen molar-refractivity contribution in [3.63, 3.8) is 0 Å². The van der Waals surface area contributed by atoms with Gasteiger partial charge in [-0.2, -0.15) is 0 Å². The van der Waals surface area contributed by atoms with E-state index in [-0.39, 0.29) is 22.5 Å². The molecule has 9 heteroatoms. The van der Waals surface area contributed by atoms with Crippen molar-refractivity contribution in [1.82, 2.24) is 0 Å². The van der Waals surface area contributed by atoms with Crippen LogP contribution in [0, 0.1) is 22.0 Å². The summed E-state index contributed by atoms with van der Waals surface area (Å²) in [6, 6.07) is 20.0. The molecule has 0 N–H and O–H groups in total. The highest BCUT2D eigenvalue weighted by atomic mass is 16.6. The third-order valence-electron chi connectivity index (χ3n) is 6.95. The summed E-state index contributed by atoms with van der Waals surface area (Å²) in [5, 5.41) is 11.3. The number of ketones is 2. The van der Waals surface area contributed by atoms with E-state index in [1.165, 1.54) is 30.3 Å². The summed E-state index contributed by atoms with van der Waals surface area (Å²) < 4.78 is 6.18. The highest BCUT2D eigenvalue weighted by Crippen LogP contribution is 2.57. The van der Waals surface area contributed by atoms with Gasteiger partial charge in [0.15, 0.2) is 0 Å². The molecule has 3 atom stereocenters. The monoisotopic (exact) mass is 468 g/mol. The summed E-state index contributed by atoms with van der Waals surface area (Å²) in [5.41, 5.74) is -1.67. The van der Waals surface area contributed by atoms with E-state index >= 15 is 0 Å². The number of hydrogen-bond acceptors (Lipinski definition) is 7. The van der Waals surface area contributed by atoms with Gasteiger partial charge in [0.05, 0.1) is 28.6 Å². The molecule has 0 aromatic heterocycles. The first-order chi connectivity index (χ1) is 16.9. The number of amides is 2. The van der Waals surface area contributed by atoms with E-state index < -0.39 is 51.8 Å². The zero-order chi connectivity index (χ0) is 24.5. The second-order valence-electron chi connectivity index (χ2n) is 8.68. The van der Waals surface area contributed by atoms with Crippen molar-refractivity contribution in [2.45, 2.75) is 11.7 Å². The molecule has 2 amide bonds. The highest BCUT2D eigenvalue weighted by Gasteiger charge is 2.74. The van der Waals surface area contributed by atoms with Crippen molar-refractivity contribution < 1.29 is 28.8 Å². The predicted molar refractivity (Wildman–Crippen MR) is 121 cm³/mol. The SMILES string of the molecule is O=C1[C@@H]2[C@H](c3ccccc3)OC3(C(=O)c4ccccc4C3=O)[C@H]2C(=O)N1c1cccc([N+](=O)[O-])c1. The number of carbonyl (C=O) groups excluding carboxylic acids is 4. The number of imide groups is 1. The van der Waals surface area contributed by atoms with Crippen molar-refractivity contribution in [3.8, 4) is 0 Å². The van der Waals surface area contributed by atoms with Crippen LogP contribution in [0.25, 0.3) is 0 Å². The fraction of sp³-hybridized carbons (Fsp3) is 0.154. The summed E-state index contributed by atoms with van der Waals surface area (Å²) in [6.07, 6.45) is -1.04. The molecule has 6 rings (SSSR count). The highest BCUT2D eigenvalue weighted by molar-refractivity contribution is 6.37. The van der Waals surface area contributed by atoms with Crippen LogP contribution in [0.5, 0.6) is 0 Å². The predicted octanol–water partition coefficient (Wildman–Crippen LogP) is 3.29. The molecule has 2 aliphatic heterocycles. The van der Waals surface area contributed by atoms with Crippen LogP contribution >= 0.6 is 0 Å². The molecule has 1 aliphatic carbocycles. The Morgan fingerprint density at radius 2 is 1.43 bits per heavy atom. The number of carbonyl (C=O) groups is 4. The van der Waals surface area contributed by atoms with Crippen molar-refractivity contribution in [2.75, 3.05) is 4.90 Å². The smallest absolute Gasteiger partial charge is 0.271 e. The Hall–Kier alpha value is -4.50. The van der Waals surface area contributed by atoms with E-state index in [2.05, 4.69) is 0 Å². The van der Waals surface area contributed by atoms with Crippen molar-refractivity contribution in [3.05, 3.63) is 106 Å². The van der Waals surface area contributed by atoms with Gasteiger partial charge in [0.25, 0.3) is 5.69 Å². The number of benzene rings is 3. The van der Waals surface area contributed by atoms with Crippen molar-refractivity contribution in [1.29, 1.82) is 0 Å². The number of non-ortho nitro benzene ring substituents is 1. The second kappa shape index (κ2) is 7.25. The second-order valence-corrected chi connectivity index (χ2v) is 8.68. The Bertz CT molecular complexity index is 1430. The molecule has 0 radical (unpaired) electrons. The molecule has 2 fully saturated rings. The summed E-state index contributed by atoms with van der Waals surface area (Å²) in [5.74, 6) is -5.36. The number of rotatable bonds is 3. The lowest BCUT2D eigenvalue weighted by Gasteiger charge is -2.27. The molecule has 35 heavy (non-hydrogen) atoms. The molecule has 3 aromatic rings. The van der Waals surface area contributed by atoms with Crippen molar-refractivity contribution in [2.24, 2.45) is 11.8 Å². The third kappa shape index (κ3) is 2.66. The molecule has 0 saturated carbocycles. The minimum absolute atomic E-state index is 0.000899. The van der Waals surface area contributed by atoms with Gasteiger partial charge in [-0.05, 0) is 11.6 Å². The van der Waals surface area contributed by atoms with E-state index in [4.69, 9.17) is 4.74 Å². The maximum atomic E-state index is 13.8. The molecule has 2 heterocycles. The van der Waals surface area contributed by atoms with Gasteiger partial charge in [-0.1, -0.05) is 60.7 Å². The molecule has 2 saturated heterocycles. The van der Waals surface area contributed by atoms with Gasteiger partial charge in [0.2, 0.25) is 29.0 Å². The summed E-state index contributed by atoms with van der Waals surface area (Å²) in [4.78, 5) is 66.4. The number of Topliss-reactive ketones (excluding diaryl/α,β-unsaturated/α-hetero) is 2. The molecule has 3 aliphatic rings. The largest absolute Gasteiger partial charge is 0.349 e. The van der Waals surface area contributed by atoms with E-state index in [1.807, 2.05) is 0 Å². The minimum atomic E-state index is -2.18. The number of ether oxygens (including phenoxy) is 1. The lowest BCUT2D eigenvalue weighted by atomic mass is 9.77. The fourth-order valence-electron chi connectivity index (χ4n) is 5.46. The van der Waals surface area contributed by atoms with E-state index in [0.717, 1.165) is 11.0 Å². The van der Waals surface area contributed by atoms with Crippen LogP contribution in [0.3, 0.4) is 0 Å². The summed E-state index contributed by atoms with van der Waals surface area (Å²) >= 11 is 0. The van der Waals surface area contributed by atoms with Gasteiger partial charge in [-0.15, -0.1) is 0 Å². The first-order valence-electron chi connectivity index (χ1n) is 10.9. The molecular weight excluding hydrogens is 452 g/mol. The lowest BCUT2D eigenvalue weighted by molar-refractivity contribution is -0.384. The summed E-state index contributed by atoms with van der Waals surface area (Å²) in [6.45, 7) is 0. The fourth-order valence-corrected chi connectivity index (χ4v) is 5.46. The molecule has 1 spiro atoms. The third-order valence-corrected chi connectivity index (χ3v) is 6.95. The number of hydrogen-bond donors (Lipinski definition) is 0. The average Bonchev–Trinajstić information content (AvgIpc) is 3.44. The Kier molecular flexibility index (Phi) is 4.36. The van der Waals surface area contributed by atoms with Gasteiger partial charge in [-0.25, -0.2) is 4.90 Å². The van der Waals surface area contributed by atoms with E-state index in [9.17, 15) is 29.3 Å². The van der Waals surface area contributed by atoms with Gasteiger partial charge < -0.3 is 4.74 Å². The van der Waals surface area contributed by atoms with Crippen LogP contribution in [0.1, 0.15) is 32.4 Å². The maximum absolute atomic E-state index is 13.8. The van der Waals surface area contributed by atoms with Gasteiger partial charge >= 0.3 is 0 Å². The molecule has 3 aromatic carbocycles. The Balaban J connectivity index is 1.54. The topological polar surface area (TPSA) is 124 Å². The summed E-state index contributed by atoms with van der Waals surface area (Å²) in [7, 11) is 0. The zero-order valence-electron chi connectivity index (χ0n) is 18.0. The van der Waals surface area contributed by atoms with Crippen LogP contribution in [0.4, 0.5) is 11.4 Å². The van der Waals surface area contributed by atoms with Crippen LogP contribution < -0.4 is 4.90 Å². The van der Waals surface area contributed by atoms with Crippen LogP contribution in [-0.4, -0.2) is 33.9 Å². The Labute approximate surface area is 198 Å². The number of anilines is 1. The normalized spacial score (nSPS) is 24.2. The number of fused-ring (bicyclic) bond motifs is 3. The number of nitro benzene ring substituents is 1. The Morgan fingerprint density at radius 1 is 0.800 bits per heavy atom. The van der Waals surface area contributed by atoms with E-state index in [1.54, 1.807) is 42.5 Å². The molecular formula is C26H16N2O7. The molecule has 0 unspecified atom stereocenters. The first-order valence-corrected chi connectivity index (χ1v) is 10.9. The zero-order valence-corrected chi connectivity index (χ0v) is 18.0. The van der Waals surface area contributed by atoms with Crippen LogP contribution in [0.15, 0.2) is 78.9 Å². The molecule has 0 bridgehead atoms. The molecule has 9 nitrogen and oxygen atoms in total. The van der Waals surface area contributed by atoms with E-state index in [0.29, 0.717) is 5.56 Å². The van der Waals surface area contributed by atoms with Gasteiger partial charge in [-0.3, -0.25) is 29.3 Å². The van der Waals surface area contributed by atoms with Crippen molar-refractivity contribution >= 4 is 34.8 Å². The van der Waals surface area contributed by atoms with Gasteiger partial charge in [0, 0.05) is 23.3 Å². The quantitative estimate of drug-likeness (QED) is 0.250. The molecule has 172 valence electrons. The minimum Gasteiger partial charge on any atom is -0.349 e. The van der Waals surface area contributed by atoms with Crippen LogP contribution in [-0.2, 0) is 14.3 Å². The number of nitro groups is 1. The lowest BCUT2D eigenvalue weighted by Crippen LogP contribution is -2.51. The van der Waals surface area contributed by atoms with Gasteiger partial charge in [0.1, 0.15) is 0 Å². The first kappa shape index (κ1) is 21.1. The maximum Gasteiger partial charge on any atom is 0.271 e. The Morgan fingerprint density at radius 3 is 2.06 bits per heavy atom.